The van der Waals surface area contributed by atoms with Gasteiger partial charge in [0.1, 0.15) is 5.60 Å². The van der Waals surface area contributed by atoms with Gasteiger partial charge >= 0.3 is 6.09 Å². The third-order valence-corrected chi connectivity index (χ3v) is 5.29. The number of likely N-dealkylation sites (tertiary alicyclic amines) is 1. The van der Waals surface area contributed by atoms with E-state index in [-0.39, 0.29) is 6.09 Å². The Morgan fingerprint density at radius 2 is 1.76 bits per heavy atom. The third kappa shape index (κ3) is 4.36. The van der Waals surface area contributed by atoms with Crippen molar-refractivity contribution in [2.75, 3.05) is 18.8 Å². The van der Waals surface area contributed by atoms with Crippen molar-refractivity contribution < 1.29 is 9.53 Å². The average molecular weight is 393 g/mol. The van der Waals surface area contributed by atoms with E-state index >= 15 is 0 Å². The van der Waals surface area contributed by atoms with Gasteiger partial charge in [-0.2, -0.15) is 5.10 Å². The topological polar surface area (TPSA) is 73.4 Å². The summed E-state index contributed by atoms with van der Waals surface area (Å²) in [6.07, 6.45) is 5.54. The van der Waals surface area contributed by atoms with Gasteiger partial charge in [-0.3, -0.25) is 4.68 Å². The lowest BCUT2D eigenvalue weighted by molar-refractivity contribution is 0.0185. The number of carbonyl (C=O) groups is 1. The van der Waals surface area contributed by atoms with Crippen molar-refractivity contribution >= 4 is 22.6 Å². The lowest BCUT2D eigenvalue weighted by Gasteiger charge is -2.33. The molecule has 3 aromatic rings. The van der Waals surface area contributed by atoms with E-state index in [1.54, 1.807) is 4.90 Å². The molecule has 1 aromatic heterocycles. The molecule has 1 aliphatic rings. The number of benzene rings is 2. The summed E-state index contributed by atoms with van der Waals surface area (Å²) in [5.74, 6) is 0. The summed E-state index contributed by atoms with van der Waals surface area (Å²) >= 11 is 0. The van der Waals surface area contributed by atoms with Crippen molar-refractivity contribution in [2.45, 2.75) is 45.3 Å². The van der Waals surface area contributed by atoms with Gasteiger partial charge in [-0.25, -0.2) is 4.79 Å². The van der Waals surface area contributed by atoms with Crippen LogP contribution in [-0.4, -0.2) is 39.5 Å². The van der Waals surface area contributed by atoms with Crippen LogP contribution < -0.4 is 5.73 Å². The fourth-order valence-corrected chi connectivity index (χ4v) is 3.77. The smallest absolute Gasteiger partial charge is 0.410 e. The number of ether oxygens (including phenoxy) is 1. The van der Waals surface area contributed by atoms with Crippen molar-refractivity contribution in [3.8, 4) is 11.1 Å². The number of hydrogen-bond acceptors (Lipinski definition) is 4. The highest BCUT2D eigenvalue weighted by atomic mass is 16.6. The van der Waals surface area contributed by atoms with Crippen LogP contribution in [0.2, 0.25) is 0 Å². The van der Waals surface area contributed by atoms with Crippen LogP contribution in [0.1, 0.15) is 39.7 Å². The average Bonchev–Trinajstić information content (AvgIpc) is 3.16. The van der Waals surface area contributed by atoms with Crippen molar-refractivity contribution in [1.29, 1.82) is 0 Å². The lowest BCUT2D eigenvalue weighted by Crippen LogP contribution is -2.42. The van der Waals surface area contributed by atoms with E-state index in [1.807, 2.05) is 49.8 Å². The number of anilines is 1. The van der Waals surface area contributed by atoms with Crippen LogP contribution in [0, 0.1) is 0 Å². The maximum Gasteiger partial charge on any atom is 0.410 e. The largest absolute Gasteiger partial charge is 0.444 e. The Hall–Kier alpha value is -3.02. The molecule has 152 valence electrons. The quantitative estimate of drug-likeness (QED) is 0.632. The van der Waals surface area contributed by atoms with Gasteiger partial charge in [-0.05, 0) is 68.1 Å². The van der Waals surface area contributed by atoms with Gasteiger partial charge in [0.05, 0.1) is 12.2 Å². The molecule has 0 saturated carbocycles. The van der Waals surface area contributed by atoms with Crippen LogP contribution in [0.4, 0.5) is 10.5 Å². The molecule has 1 aliphatic heterocycles. The van der Waals surface area contributed by atoms with Crippen molar-refractivity contribution in [3.63, 3.8) is 0 Å². The molecule has 0 bridgehead atoms. The minimum absolute atomic E-state index is 0.228. The lowest BCUT2D eigenvalue weighted by atomic mass is 10.0. The molecular formula is C23H28N4O2. The molecule has 1 saturated heterocycles. The van der Waals surface area contributed by atoms with Gasteiger partial charge in [-0.15, -0.1) is 0 Å². The van der Waals surface area contributed by atoms with Crippen molar-refractivity contribution in [2.24, 2.45) is 0 Å². The Balaban J connectivity index is 1.44. The van der Waals surface area contributed by atoms with Gasteiger partial charge in [-0.1, -0.05) is 18.2 Å². The Kier molecular flexibility index (Phi) is 4.94. The molecule has 2 heterocycles. The highest BCUT2D eigenvalue weighted by Crippen LogP contribution is 2.28. The standard InChI is InChI=1S/C23H28N4O2/c1-23(2,3)29-22(28)26-10-8-21(9-11-26)27-15-19(14-25-27)17-4-5-18-13-20(24)7-6-16(18)12-17/h4-7,12-15,21H,8-11,24H2,1-3H3. The maximum absolute atomic E-state index is 12.2. The minimum atomic E-state index is -0.462. The van der Waals surface area contributed by atoms with Crippen molar-refractivity contribution in [1.82, 2.24) is 14.7 Å². The fourth-order valence-electron chi connectivity index (χ4n) is 3.77. The number of nitrogens with zero attached hydrogens (tertiary/aromatic N) is 3. The highest BCUT2D eigenvalue weighted by molar-refractivity contribution is 5.89. The van der Waals surface area contributed by atoms with Crippen LogP contribution in [0.25, 0.3) is 21.9 Å². The second kappa shape index (κ2) is 7.43. The number of piperidine rings is 1. The first kappa shape index (κ1) is 19.3. The van der Waals surface area contributed by atoms with Crippen molar-refractivity contribution in [3.05, 3.63) is 48.8 Å². The summed E-state index contributed by atoms with van der Waals surface area (Å²) in [4.78, 5) is 14.0. The first-order valence-corrected chi connectivity index (χ1v) is 10.1. The van der Waals surface area contributed by atoms with E-state index in [9.17, 15) is 4.79 Å². The second-order valence-corrected chi connectivity index (χ2v) is 8.73. The van der Waals surface area contributed by atoms with Crippen LogP contribution in [-0.2, 0) is 4.74 Å². The maximum atomic E-state index is 12.2. The van der Waals surface area contributed by atoms with Crippen LogP contribution in [0.3, 0.4) is 0 Å². The van der Waals surface area contributed by atoms with Crippen LogP contribution >= 0.6 is 0 Å². The summed E-state index contributed by atoms with van der Waals surface area (Å²) < 4.78 is 7.52. The normalized spacial score (nSPS) is 15.6. The summed E-state index contributed by atoms with van der Waals surface area (Å²) in [6.45, 7) is 7.05. The summed E-state index contributed by atoms with van der Waals surface area (Å²) in [5, 5.41) is 6.90. The zero-order chi connectivity index (χ0) is 20.6. The molecule has 0 spiro atoms. The fraction of sp³-hybridized carbons (Fsp3) is 0.391. The van der Waals surface area contributed by atoms with E-state index < -0.39 is 5.60 Å². The number of amides is 1. The predicted molar refractivity (Wildman–Crippen MR) is 116 cm³/mol. The van der Waals surface area contributed by atoms with E-state index in [0.717, 1.165) is 40.4 Å². The SMILES string of the molecule is CC(C)(C)OC(=O)N1CCC(n2cc(-c3ccc4cc(N)ccc4c3)cn2)CC1. The first-order valence-electron chi connectivity index (χ1n) is 10.1. The molecule has 0 radical (unpaired) electrons. The number of nitrogens with two attached hydrogens (primary N) is 1. The Labute approximate surface area is 171 Å². The second-order valence-electron chi connectivity index (χ2n) is 8.73. The van der Waals surface area contributed by atoms with E-state index in [4.69, 9.17) is 10.5 Å². The summed E-state index contributed by atoms with van der Waals surface area (Å²) in [6, 6.07) is 12.6. The molecule has 6 nitrogen and oxygen atoms in total. The van der Waals surface area contributed by atoms with Crippen LogP contribution in [0.5, 0.6) is 0 Å². The van der Waals surface area contributed by atoms with Gasteiger partial charge < -0.3 is 15.4 Å². The molecule has 0 atom stereocenters. The monoisotopic (exact) mass is 392 g/mol. The predicted octanol–water partition coefficient (Wildman–Crippen LogP) is 4.86. The molecule has 0 aliphatic carbocycles. The van der Waals surface area contributed by atoms with Crippen LogP contribution in [0.15, 0.2) is 48.8 Å². The molecule has 29 heavy (non-hydrogen) atoms. The number of rotatable bonds is 2. The van der Waals surface area contributed by atoms with Gasteiger partial charge in [0.2, 0.25) is 0 Å². The first-order chi connectivity index (χ1) is 13.8. The number of aromatic nitrogens is 2. The zero-order valence-electron chi connectivity index (χ0n) is 17.3. The molecule has 6 heteroatoms. The molecule has 1 fully saturated rings. The third-order valence-electron chi connectivity index (χ3n) is 5.29. The number of fused-ring (bicyclic) bond motifs is 1. The highest BCUT2D eigenvalue weighted by Gasteiger charge is 2.27. The number of hydrogen-bond donors (Lipinski definition) is 1. The Morgan fingerprint density at radius 1 is 1.07 bits per heavy atom. The van der Waals surface area contributed by atoms with Gasteiger partial charge in [0.15, 0.2) is 0 Å². The Morgan fingerprint density at radius 3 is 2.48 bits per heavy atom. The molecule has 2 N–H and O–H groups in total. The van der Waals surface area contributed by atoms with Gasteiger partial charge in [0, 0.05) is 30.5 Å². The molecule has 1 amide bonds. The molecule has 2 aromatic carbocycles. The van der Waals surface area contributed by atoms with E-state index in [1.165, 1.54) is 0 Å². The number of carbonyl (C=O) groups excluding carboxylic acids is 1. The number of nitrogen functional groups attached to an aromatic ring is 1. The molecular weight excluding hydrogens is 364 g/mol. The van der Waals surface area contributed by atoms with Gasteiger partial charge in [0.25, 0.3) is 0 Å². The van der Waals surface area contributed by atoms with E-state index in [2.05, 4.69) is 29.5 Å². The zero-order valence-corrected chi connectivity index (χ0v) is 17.3. The molecule has 0 unspecified atom stereocenters. The Bertz CT molecular complexity index is 1030. The molecule has 4 rings (SSSR count). The summed E-state index contributed by atoms with van der Waals surface area (Å²) in [5.41, 5.74) is 8.42. The summed E-state index contributed by atoms with van der Waals surface area (Å²) in [7, 11) is 0. The minimum Gasteiger partial charge on any atom is -0.444 e. The van der Waals surface area contributed by atoms with E-state index in [0.29, 0.717) is 19.1 Å².